The van der Waals surface area contributed by atoms with Gasteiger partial charge in [0, 0.05) is 0 Å². The van der Waals surface area contributed by atoms with Gasteiger partial charge in [-0.05, 0) is 0 Å². The first-order valence-electron chi connectivity index (χ1n) is 2.47. The number of hydrogen-bond acceptors (Lipinski definition) is 3. The molecule has 0 bridgehead atoms. The summed E-state index contributed by atoms with van der Waals surface area (Å²) in [6.45, 7) is 3.33. The summed E-state index contributed by atoms with van der Waals surface area (Å²) in [7, 11) is 1.81. The van der Waals surface area contributed by atoms with Crippen LogP contribution in [0, 0.1) is 0 Å². The smallest absolute Gasteiger partial charge is 0.229 e. The summed E-state index contributed by atoms with van der Waals surface area (Å²) >= 11 is 0. The summed E-state index contributed by atoms with van der Waals surface area (Å²) in [5.74, 6) is 0.574. The van der Waals surface area contributed by atoms with E-state index in [1.165, 1.54) is 6.33 Å². The number of aryl methyl sites for hydroxylation is 1. The highest BCUT2D eigenvalue weighted by molar-refractivity contribution is 5.31. The molecule has 0 saturated heterocycles. The van der Waals surface area contributed by atoms with E-state index in [0.29, 0.717) is 5.95 Å². The van der Waals surface area contributed by atoms with Gasteiger partial charge >= 0.3 is 5.95 Å². The number of rotatable bonds is 1. The highest BCUT2D eigenvalue weighted by Gasteiger charge is 1.99. The third kappa shape index (κ3) is 1.07. The molecule has 0 fully saturated rings. The van der Waals surface area contributed by atoms with Crippen molar-refractivity contribution in [3.8, 4) is 0 Å². The molecule has 0 aliphatic heterocycles. The van der Waals surface area contributed by atoms with E-state index in [0.717, 1.165) is 0 Å². The third-order valence-corrected chi connectivity index (χ3v) is 0.937. The molecule has 0 saturated carbocycles. The molecule has 0 unspecified atom stereocenters. The minimum atomic E-state index is 0.574. The molecular weight excluding hydrogens is 116 g/mol. The van der Waals surface area contributed by atoms with Gasteiger partial charge in [0.15, 0.2) is 6.33 Å². The van der Waals surface area contributed by atoms with Gasteiger partial charge in [-0.2, -0.15) is 0 Å². The zero-order valence-corrected chi connectivity index (χ0v) is 5.15. The minimum Gasteiger partial charge on any atom is -0.229 e. The molecule has 0 radical (unpaired) electrons. The summed E-state index contributed by atoms with van der Waals surface area (Å²) in [4.78, 5) is 11.2. The first-order chi connectivity index (χ1) is 4.34. The van der Waals surface area contributed by atoms with Gasteiger partial charge < -0.3 is 0 Å². The van der Waals surface area contributed by atoms with Crippen molar-refractivity contribution in [2.24, 2.45) is 12.0 Å². The maximum Gasteiger partial charge on any atom is 0.386 e. The molecule has 4 nitrogen and oxygen atoms in total. The number of aromatic nitrogens is 3. The average molecular weight is 123 g/mol. The first-order valence-corrected chi connectivity index (χ1v) is 2.47. The van der Waals surface area contributed by atoms with Crippen LogP contribution in [0.2, 0.25) is 0 Å². The van der Waals surface area contributed by atoms with Gasteiger partial charge in [0.25, 0.3) is 0 Å². The third-order valence-electron chi connectivity index (χ3n) is 0.937. The molecule has 1 heterocycles. The lowest BCUT2D eigenvalue weighted by Crippen LogP contribution is -2.29. The predicted octanol–water partition coefficient (Wildman–Crippen LogP) is -0.367. The Morgan fingerprint density at radius 1 is 1.78 bits per heavy atom. The topological polar surface area (TPSA) is 42.0 Å². The Kier molecular flexibility index (Phi) is 1.48. The molecule has 0 amide bonds. The molecule has 1 aromatic heterocycles. The van der Waals surface area contributed by atoms with Gasteiger partial charge in [-0.1, -0.05) is 4.98 Å². The second kappa shape index (κ2) is 2.30. The van der Waals surface area contributed by atoms with Crippen molar-refractivity contribution in [2.75, 3.05) is 0 Å². The summed E-state index contributed by atoms with van der Waals surface area (Å²) in [6, 6.07) is 0. The predicted molar refractivity (Wildman–Crippen MR) is 32.4 cm³/mol. The van der Waals surface area contributed by atoms with Crippen LogP contribution < -0.4 is 4.57 Å². The zero-order chi connectivity index (χ0) is 6.69. The normalized spacial score (nSPS) is 9.00. The first kappa shape index (κ1) is 5.81. The second-order valence-electron chi connectivity index (χ2n) is 1.58. The van der Waals surface area contributed by atoms with Crippen LogP contribution in [0.3, 0.4) is 0 Å². The van der Waals surface area contributed by atoms with Gasteiger partial charge in [-0.15, -0.1) is 9.98 Å². The molecule has 1 aromatic rings. The van der Waals surface area contributed by atoms with Crippen LogP contribution in [0.1, 0.15) is 0 Å². The standard InChI is InChI=1S/C5H7N4/c1-6-5-8-3-7-4-9(5)2/h3-4H,1H2,2H3/q+1. The Labute approximate surface area is 52.9 Å². The van der Waals surface area contributed by atoms with Crippen molar-refractivity contribution in [1.29, 1.82) is 0 Å². The largest absolute Gasteiger partial charge is 0.386 e. The Bertz CT molecular complexity index is 220. The zero-order valence-electron chi connectivity index (χ0n) is 5.15. The lowest BCUT2D eigenvalue weighted by molar-refractivity contribution is -0.664. The van der Waals surface area contributed by atoms with Crippen LogP contribution in [0.5, 0.6) is 0 Å². The number of hydrogen-bond donors (Lipinski definition) is 0. The van der Waals surface area contributed by atoms with Crippen molar-refractivity contribution < 1.29 is 4.57 Å². The van der Waals surface area contributed by atoms with Gasteiger partial charge in [-0.3, -0.25) is 0 Å². The molecule has 0 N–H and O–H groups in total. The van der Waals surface area contributed by atoms with Crippen molar-refractivity contribution in [3.05, 3.63) is 12.7 Å². The molecule has 0 aliphatic rings. The lowest BCUT2D eigenvalue weighted by Gasteiger charge is -1.87. The Morgan fingerprint density at radius 2 is 2.56 bits per heavy atom. The maximum atomic E-state index is 3.82. The van der Waals surface area contributed by atoms with Gasteiger partial charge in [0.1, 0.15) is 0 Å². The quantitative estimate of drug-likeness (QED) is 0.378. The van der Waals surface area contributed by atoms with Crippen molar-refractivity contribution in [3.63, 3.8) is 0 Å². The summed E-state index contributed by atoms with van der Waals surface area (Å²) in [6.07, 6.45) is 3.06. The van der Waals surface area contributed by atoms with Crippen LogP contribution in [0.15, 0.2) is 17.6 Å². The molecule has 46 valence electrons. The monoisotopic (exact) mass is 123 g/mol. The van der Waals surface area contributed by atoms with Crippen LogP contribution in [-0.4, -0.2) is 16.7 Å². The van der Waals surface area contributed by atoms with E-state index in [2.05, 4.69) is 21.7 Å². The fourth-order valence-electron chi connectivity index (χ4n) is 0.510. The second-order valence-corrected chi connectivity index (χ2v) is 1.58. The van der Waals surface area contributed by atoms with E-state index in [1.54, 1.807) is 10.9 Å². The van der Waals surface area contributed by atoms with Crippen LogP contribution in [0.25, 0.3) is 0 Å². The Balaban J connectivity index is 3.15. The highest BCUT2D eigenvalue weighted by atomic mass is 15.2. The fraction of sp³-hybridized carbons (Fsp3) is 0.200. The summed E-state index contributed by atoms with van der Waals surface area (Å²) < 4.78 is 1.69. The van der Waals surface area contributed by atoms with Crippen molar-refractivity contribution >= 4 is 12.7 Å². The Morgan fingerprint density at radius 3 is 3.00 bits per heavy atom. The van der Waals surface area contributed by atoms with E-state index in [1.807, 2.05) is 7.05 Å². The molecule has 1 rings (SSSR count). The molecule has 0 aromatic carbocycles. The summed E-state index contributed by atoms with van der Waals surface area (Å²) in [5.41, 5.74) is 0. The van der Waals surface area contributed by atoms with Crippen LogP contribution in [-0.2, 0) is 7.05 Å². The average Bonchev–Trinajstić information content (AvgIpc) is 1.89. The number of aliphatic imine (C=N–C) groups is 1. The minimum absolute atomic E-state index is 0.574. The highest BCUT2D eigenvalue weighted by Crippen LogP contribution is 1.90. The van der Waals surface area contributed by atoms with E-state index in [-0.39, 0.29) is 0 Å². The maximum absolute atomic E-state index is 3.82. The fourth-order valence-corrected chi connectivity index (χ4v) is 0.510. The van der Waals surface area contributed by atoms with E-state index in [4.69, 9.17) is 0 Å². The van der Waals surface area contributed by atoms with E-state index < -0.39 is 0 Å². The molecule has 9 heavy (non-hydrogen) atoms. The summed E-state index contributed by atoms with van der Waals surface area (Å²) in [5, 5.41) is 0. The van der Waals surface area contributed by atoms with Crippen molar-refractivity contribution in [2.45, 2.75) is 0 Å². The van der Waals surface area contributed by atoms with E-state index in [9.17, 15) is 0 Å². The molecule has 0 aliphatic carbocycles. The van der Waals surface area contributed by atoms with E-state index >= 15 is 0 Å². The van der Waals surface area contributed by atoms with Gasteiger partial charge in [-0.25, -0.2) is 4.57 Å². The van der Waals surface area contributed by atoms with Crippen LogP contribution >= 0.6 is 0 Å². The van der Waals surface area contributed by atoms with Crippen LogP contribution in [0.4, 0.5) is 5.95 Å². The SMILES string of the molecule is C=Nc1ncnc[n+]1C. The number of nitrogens with zero attached hydrogens (tertiary/aromatic N) is 4. The molecule has 4 heteroatoms. The molecular formula is C5H7N4+. The lowest BCUT2D eigenvalue weighted by atomic mass is 10.9. The Hall–Kier alpha value is -1.32. The van der Waals surface area contributed by atoms with Gasteiger partial charge in [0.05, 0.1) is 13.8 Å². The molecule has 0 atom stereocenters. The molecule has 0 spiro atoms. The van der Waals surface area contributed by atoms with Gasteiger partial charge in [0.2, 0.25) is 6.33 Å². The van der Waals surface area contributed by atoms with Crippen molar-refractivity contribution in [1.82, 2.24) is 9.97 Å².